The molecule has 0 nitrogen and oxygen atoms in total. The lowest BCUT2D eigenvalue weighted by atomic mass is 10.0. The molecule has 0 spiro atoms. The van der Waals surface area contributed by atoms with Crippen LogP contribution in [0.5, 0.6) is 0 Å². The summed E-state index contributed by atoms with van der Waals surface area (Å²) in [6.45, 7) is 9.34. The zero-order valence-corrected chi connectivity index (χ0v) is 18.3. The minimum atomic E-state index is -1.32. The molecular weight excluding hydrogens is 316 g/mol. The van der Waals surface area contributed by atoms with Crippen molar-refractivity contribution in [2.45, 2.75) is 104 Å². The summed E-state index contributed by atoms with van der Waals surface area (Å²) in [5, 5.41) is 0. The second-order valence-corrected chi connectivity index (χ2v) is 12.7. The molecule has 0 saturated carbocycles. The maximum Gasteiger partial charge on any atom is 0.132 e. The quantitative estimate of drug-likeness (QED) is 0.204. The van der Waals surface area contributed by atoms with Crippen LogP contribution in [0, 0.1) is 11.5 Å². The molecule has 140 valence electrons. The Hall–Kier alpha value is -1.00. The fourth-order valence-corrected chi connectivity index (χ4v) is 4.99. The highest BCUT2D eigenvalue weighted by Crippen LogP contribution is 2.14. The molecule has 1 aromatic rings. The number of unbranched alkanes of at least 4 members (excludes halogenated alkanes) is 8. The summed E-state index contributed by atoms with van der Waals surface area (Å²) in [6, 6.07) is 10.3. The molecule has 0 N–H and O–H groups in total. The highest BCUT2D eigenvalue weighted by molar-refractivity contribution is 6.85. The van der Waals surface area contributed by atoms with Gasteiger partial charge in [0.15, 0.2) is 0 Å². The summed E-state index contributed by atoms with van der Waals surface area (Å²) < 4.78 is 0. The van der Waals surface area contributed by atoms with Gasteiger partial charge >= 0.3 is 0 Å². The van der Waals surface area contributed by atoms with Gasteiger partial charge in [0.05, 0.1) is 0 Å². The SMILES string of the molecule is CCCCCCCCCCc1ccc(C#C[Si](C)(C)CCCC)cc1. The van der Waals surface area contributed by atoms with Crippen molar-refractivity contribution < 1.29 is 0 Å². The molecule has 25 heavy (non-hydrogen) atoms. The second-order valence-electron chi connectivity index (χ2n) is 8.16. The van der Waals surface area contributed by atoms with Gasteiger partial charge in [0.1, 0.15) is 8.07 Å². The van der Waals surface area contributed by atoms with Crippen molar-refractivity contribution in [3.05, 3.63) is 35.4 Å². The largest absolute Gasteiger partial charge is 0.132 e. The Bertz CT molecular complexity index is 501. The topological polar surface area (TPSA) is 0 Å². The van der Waals surface area contributed by atoms with E-state index in [4.69, 9.17) is 0 Å². The maximum atomic E-state index is 3.60. The van der Waals surface area contributed by atoms with Crippen LogP contribution in [0.4, 0.5) is 0 Å². The first kappa shape index (κ1) is 22.0. The first-order valence-corrected chi connectivity index (χ1v) is 13.9. The lowest BCUT2D eigenvalue weighted by Gasteiger charge is -2.13. The van der Waals surface area contributed by atoms with E-state index in [1.54, 1.807) is 0 Å². The molecule has 0 amide bonds. The van der Waals surface area contributed by atoms with Crippen molar-refractivity contribution in [2.24, 2.45) is 0 Å². The van der Waals surface area contributed by atoms with E-state index in [9.17, 15) is 0 Å². The molecule has 1 rings (SSSR count). The Kier molecular flexibility index (Phi) is 11.7. The smallest absolute Gasteiger partial charge is 0.126 e. The number of aryl methyl sites for hydroxylation is 1. The van der Waals surface area contributed by atoms with Crippen LogP contribution in [0.25, 0.3) is 0 Å². The number of rotatable bonds is 12. The van der Waals surface area contributed by atoms with Gasteiger partial charge in [0.2, 0.25) is 0 Å². The fourth-order valence-electron chi connectivity index (χ4n) is 3.14. The minimum absolute atomic E-state index is 1.19. The molecule has 0 aliphatic carbocycles. The van der Waals surface area contributed by atoms with Gasteiger partial charge in [0, 0.05) is 5.56 Å². The predicted octanol–water partition coefficient (Wildman–Crippen LogP) is 7.77. The highest BCUT2D eigenvalue weighted by Gasteiger charge is 2.16. The third kappa shape index (κ3) is 11.3. The summed E-state index contributed by atoms with van der Waals surface area (Å²) in [5.74, 6) is 3.43. The average molecular weight is 357 g/mol. The molecule has 0 aliphatic rings. The van der Waals surface area contributed by atoms with Crippen molar-refractivity contribution >= 4 is 8.07 Å². The Labute approximate surface area is 158 Å². The zero-order chi connectivity index (χ0) is 18.4. The van der Waals surface area contributed by atoms with Crippen LogP contribution in [0.2, 0.25) is 19.1 Å². The van der Waals surface area contributed by atoms with Gasteiger partial charge in [-0.05, 0) is 36.6 Å². The predicted molar refractivity (Wildman–Crippen MR) is 117 cm³/mol. The van der Waals surface area contributed by atoms with Crippen LogP contribution in [0.15, 0.2) is 24.3 Å². The third-order valence-corrected chi connectivity index (χ3v) is 7.38. The van der Waals surface area contributed by atoms with E-state index in [1.807, 2.05) is 0 Å². The summed E-state index contributed by atoms with van der Waals surface area (Å²) in [5.41, 5.74) is 6.26. The summed E-state index contributed by atoms with van der Waals surface area (Å²) in [7, 11) is -1.32. The lowest BCUT2D eigenvalue weighted by Crippen LogP contribution is -2.22. The molecular formula is C24H40Si. The molecule has 0 saturated heterocycles. The van der Waals surface area contributed by atoms with E-state index in [-0.39, 0.29) is 0 Å². The van der Waals surface area contributed by atoms with Gasteiger partial charge in [-0.1, -0.05) is 103 Å². The second kappa shape index (κ2) is 13.2. The van der Waals surface area contributed by atoms with E-state index >= 15 is 0 Å². The number of benzene rings is 1. The Morgan fingerprint density at radius 2 is 1.28 bits per heavy atom. The molecule has 0 heterocycles. The summed E-state index contributed by atoms with van der Waals surface area (Å²) >= 11 is 0. The normalized spacial score (nSPS) is 11.2. The Morgan fingerprint density at radius 3 is 1.88 bits per heavy atom. The van der Waals surface area contributed by atoms with Crippen LogP contribution >= 0.6 is 0 Å². The Morgan fingerprint density at radius 1 is 0.720 bits per heavy atom. The first-order chi connectivity index (χ1) is 12.1. The lowest BCUT2D eigenvalue weighted by molar-refractivity contribution is 0.575. The van der Waals surface area contributed by atoms with Gasteiger partial charge in [-0.2, -0.15) is 0 Å². The summed E-state index contributed by atoms with van der Waals surface area (Å²) in [6.07, 6.45) is 15.0. The first-order valence-electron chi connectivity index (χ1n) is 10.7. The van der Waals surface area contributed by atoms with Gasteiger partial charge in [0.25, 0.3) is 0 Å². The maximum absolute atomic E-state index is 3.60. The van der Waals surface area contributed by atoms with Crippen LogP contribution in [-0.4, -0.2) is 8.07 Å². The van der Waals surface area contributed by atoms with Crippen molar-refractivity contribution in [3.8, 4) is 11.5 Å². The van der Waals surface area contributed by atoms with Crippen molar-refractivity contribution in [2.75, 3.05) is 0 Å². The standard InChI is InChI=1S/C24H40Si/c1-5-7-9-10-11-12-13-14-15-23-16-18-24(19-17-23)20-22-25(3,4)21-8-6-2/h16-19H,5-15,21H2,1-4H3. The van der Waals surface area contributed by atoms with Crippen molar-refractivity contribution in [1.82, 2.24) is 0 Å². The molecule has 0 radical (unpaired) electrons. The molecule has 0 unspecified atom stereocenters. The van der Waals surface area contributed by atoms with E-state index in [0.717, 1.165) is 0 Å². The number of hydrogen-bond donors (Lipinski definition) is 0. The van der Waals surface area contributed by atoms with Gasteiger partial charge < -0.3 is 0 Å². The molecule has 0 aliphatic heterocycles. The third-order valence-electron chi connectivity index (χ3n) is 4.97. The highest BCUT2D eigenvalue weighted by atomic mass is 28.3. The van der Waals surface area contributed by atoms with Gasteiger partial charge in [-0.3, -0.25) is 0 Å². The van der Waals surface area contributed by atoms with Crippen molar-refractivity contribution in [3.63, 3.8) is 0 Å². The van der Waals surface area contributed by atoms with Crippen LogP contribution in [0.3, 0.4) is 0 Å². The molecule has 0 fully saturated rings. The van der Waals surface area contributed by atoms with Crippen LogP contribution in [-0.2, 0) is 6.42 Å². The monoisotopic (exact) mass is 356 g/mol. The average Bonchev–Trinajstić information content (AvgIpc) is 2.61. The molecule has 0 aromatic heterocycles. The van der Waals surface area contributed by atoms with Crippen molar-refractivity contribution in [1.29, 1.82) is 0 Å². The van der Waals surface area contributed by atoms with Gasteiger partial charge in [-0.25, -0.2) is 0 Å². The van der Waals surface area contributed by atoms with E-state index in [2.05, 4.69) is 62.7 Å². The van der Waals surface area contributed by atoms with E-state index in [1.165, 1.54) is 87.8 Å². The van der Waals surface area contributed by atoms with E-state index in [0.29, 0.717) is 0 Å². The molecule has 1 aromatic carbocycles. The fraction of sp³-hybridized carbons (Fsp3) is 0.667. The van der Waals surface area contributed by atoms with E-state index < -0.39 is 8.07 Å². The molecule has 0 atom stereocenters. The molecule has 1 heteroatoms. The van der Waals surface area contributed by atoms with Crippen LogP contribution < -0.4 is 0 Å². The Balaban J connectivity index is 2.28. The number of hydrogen-bond acceptors (Lipinski definition) is 0. The zero-order valence-electron chi connectivity index (χ0n) is 17.3. The minimum Gasteiger partial charge on any atom is -0.126 e. The van der Waals surface area contributed by atoms with Gasteiger partial charge in [-0.15, -0.1) is 5.54 Å². The van der Waals surface area contributed by atoms with Crippen LogP contribution in [0.1, 0.15) is 89.2 Å². The summed E-state index contributed by atoms with van der Waals surface area (Å²) in [4.78, 5) is 0. The molecule has 0 bridgehead atoms.